The number of rotatable bonds is 7. The molecule has 0 saturated carbocycles. The molecule has 0 radical (unpaired) electrons. The quantitative estimate of drug-likeness (QED) is 0.245. The number of pyridine rings is 1. The molecule has 4 aromatic rings. The summed E-state index contributed by atoms with van der Waals surface area (Å²) in [6.07, 6.45) is 1.79. The molecule has 10 heteroatoms. The number of carbonyl (C=O) groups excluding carboxylic acids is 1. The average Bonchev–Trinajstić information content (AvgIpc) is 3.49. The molecule has 0 aliphatic carbocycles. The molecule has 2 aromatic carbocycles. The Morgan fingerprint density at radius 3 is 2.68 bits per heavy atom. The number of carbonyl (C=O) groups is 1. The van der Waals surface area contributed by atoms with E-state index in [2.05, 4.69) is 15.6 Å². The lowest BCUT2D eigenvalue weighted by molar-refractivity contribution is -0.116. The van der Waals surface area contributed by atoms with E-state index in [9.17, 15) is 9.18 Å². The Kier molecular flexibility index (Phi) is 7.41. The van der Waals surface area contributed by atoms with E-state index in [0.717, 1.165) is 5.69 Å². The topological polar surface area (TPSA) is 70.4 Å². The van der Waals surface area contributed by atoms with Gasteiger partial charge in [0.25, 0.3) is 0 Å². The molecule has 0 spiro atoms. The lowest BCUT2D eigenvalue weighted by Gasteiger charge is -2.25. The second-order valence-corrected chi connectivity index (χ2v) is 9.65. The molecule has 3 heterocycles. The van der Waals surface area contributed by atoms with Gasteiger partial charge in [0.05, 0.1) is 22.4 Å². The Hall–Kier alpha value is -3.46. The van der Waals surface area contributed by atoms with Gasteiger partial charge in [0, 0.05) is 29.7 Å². The lowest BCUT2D eigenvalue weighted by atomic mass is 10.0. The van der Waals surface area contributed by atoms with Gasteiger partial charge < -0.3 is 20.0 Å². The molecule has 1 aliphatic heterocycles. The number of nitrogens with one attached hydrogen (secondary N) is 2. The highest BCUT2D eigenvalue weighted by Crippen LogP contribution is 2.41. The van der Waals surface area contributed by atoms with Crippen LogP contribution in [0, 0.1) is 5.82 Å². The molecular formula is C27H21Cl2FN4O2S. The summed E-state index contributed by atoms with van der Waals surface area (Å²) in [5.74, 6) is 0.373. The molecule has 0 bridgehead atoms. The number of para-hydroxylation sites is 1. The summed E-state index contributed by atoms with van der Waals surface area (Å²) in [6.45, 7) is 0.276. The Balaban J connectivity index is 1.42. The maximum absolute atomic E-state index is 14.0. The third-order valence-corrected chi connectivity index (χ3v) is 6.94. The Bertz CT molecular complexity index is 1450. The SMILES string of the molecule is O=C(CCN1C(=S)N[C@H](c2ccccn2)[C@H]1c1ccc(-c2ccc(Cl)cc2Cl)o1)Nc1ccccc1F. The van der Waals surface area contributed by atoms with E-state index < -0.39 is 5.82 Å². The lowest BCUT2D eigenvalue weighted by Crippen LogP contribution is -2.32. The van der Waals surface area contributed by atoms with Gasteiger partial charge in [0.2, 0.25) is 5.91 Å². The van der Waals surface area contributed by atoms with Crippen molar-refractivity contribution >= 4 is 52.1 Å². The number of hydrogen-bond donors (Lipinski definition) is 2. The molecule has 37 heavy (non-hydrogen) atoms. The van der Waals surface area contributed by atoms with E-state index in [-0.39, 0.29) is 36.6 Å². The molecule has 1 saturated heterocycles. The summed E-state index contributed by atoms with van der Waals surface area (Å²) < 4.78 is 20.3. The number of hydrogen-bond acceptors (Lipinski definition) is 4. The first-order valence-corrected chi connectivity index (χ1v) is 12.6. The van der Waals surface area contributed by atoms with Crippen LogP contribution < -0.4 is 10.6 Å². The zero-order valence-electron chi connectivity index (χ0n) is 19.3. The molecule has 2 N–H and O–H groups in total. The number of benzene rings is 2. The molecule has 0 unspecified atom stereocenters. The zero-order chi connectivity index (χ0) is 25.9. The van der Waals surface area contributed by atoms with E-state index in [1.165, 1.54) is 12.1 Å². The van der Waals surface area contributed by atoms with Gasteiger partial charge in [-0.2, -0.15) is 0 Å². The summed E-state index contributed by atoms with van der Waals surface area (Å²) in [6, 6.07) is 19.9. The van der Waals surface area contributed by atoms with Gasteiger partial charge in [-0.05, 0) is 66.8 Å². The van der Waals surface area contributed by atoms with Crippen LogP contribution in [-0.4, -0.2) is 27.4 Å². The van der Waals surface area contributed by atoms with E-state index in [0.29, 0.717) is 32.2 Å². The minimum atomic E-state index is -0.494. The second kappa shape index (κ2) is 10.9. The third kappa shape index (κ3) is 5.46. The maximum atomic E-state index is 14.0. The van der Waals surface area contributed by atoms with E-state index in [1.54, 1.807) is 36.5 Å². The number of anilines is 1. The molecule has 2 aromatic heterocycles. The van der Waals surface area contributed by atoms with Gasteiger partial charge >= 0.3 is 0 Å². The third-order valence-electron chi connectivity index (χ3n) is 6.04. The van der Waals surface area contributed by atoms with Gasteiger partial charge in [-0.3, -0.25) is 9.78 Å². The predicted molar refractivity (Wildman–Crippen MR) is 146 cm³/mol. The van der Waals surface area contributed by atoms with Crippen LogP contribution in [0.4, 0.5) is 10.1 Å². The summed E-state index contributed by atoms with van der Waals surface area (Å²) in [5, 5.41) is 7.39. The number of thiocarbonyl (C=S) groups is 1. The standard InChI is InChI=1S/C27H21Cl2FN4O2S/c28-16-8-9-17(18(29)15-16)22-10-11-23(36-22)26-25(21-7-3-4-13-31-21)33-27(37)34(26)14-12-24(35)32-20-6-2-1-5-19(20)30/h1-11,13,15,25-26H,12,14H2,(H,32,35)(H,33,37)/t25-,26-/m1/s1. The highest BCUT2D eigenvalue weighted by molar-refractivity contribution is 7.80. The summed E-state index contributed by atoms with van der Waals surface area (Å²) in [7, 11) is 0. The number of nitrogens with zero attached hydrogens (tertiary/aromatic N) is 2. The van der Waals surface area contributed by atoms with E-state index >= 15 is 0 Å². The molecule has 188 valence electrons. The Morgan fingerprint density at radius 2 is 1.92 bits per heavy atom. The van der Waals surface area contributed by atoms with Crippen LogP contribution in [0.15, 0.2) is 83.4 Å². The summed E-state index contributed by atoms with van der Waals surface area (Å²) in [5.41, 5.74) is 1.61. The van der Waals surface area contributed by atoms with Crippen molar-refractivity contribution in [3.63, 3.8) is 0 Å². The summed E-state index contributed by atoms with van der Waals surface area (Å²) in [4.78, 5) is 19.0. The van der Waals surface area contributed by atoms with Crippen molar-refractivity contribution in [2.45, 2.75) is 18.5 Å². The fourth-order valence-corrected chi connectivity index (χ4v) is 5.13. The van der Waals surface area contributed by atoms with Gasteiger partial charge in [-0.1, -0.05) is 41.4 Å². The normalized spacial score (nSPS) is 17.1. The van der Waals surface area contributed by atoms with Crippen molar-refractivity contribution in [3.05, 3.63) is 106 Å². The van der Waals surface area contributed by atoms with Crippen molar-refractivity contribution < 1.29 is 13.6 Å². The number of amides is 1. The van der Waals surface area contributed by atoms with E-state index in [1.807, 2.05) is 35.2 Å². The van der Waals surface area contributed by atoms with Crippen molar-refractivity contribution in [2.75, 3.05) is 11.9 Å². The minimum absolute atomic E-state index is 0.0815. The Labute approximate surface area is 228 Å². The molecule has 2 atom stereocenters. The fraction of sp³-hybridized carbons (Fsp3) is 0.148. The largest absolute Gasteiger partial charge is 0.459 e. The van der Waals surface area contributed by atoms with E-state index in [4.69, 9.17) is 39.8 Å². The van der Waals surface area contributed by atoms with Gasteiger partial charge in [0.15, 0.2) is 5.11 Å². The van der Waals surface area contributed by atoms with Crippen LogP contribution in [0.3, 0.4) is 0 Å². The summed E-state index contributed by atoms with van der Waals surface area (Å²) >= 11 is 18.1. The first-order chi connectivity index (χ1) is 17.9. The van der Waals surface area contributed by atoms with Crippen LogP contribution in [0.25, 0.3) is 11.3 Å². The highest BCUT2D eigenvalue weighted by atomic mass is 35.5. The first kappa shape index (κ1) is 25.2. The maximum Gasteiger partial charge on any atom is 0.226 e. The fourth-order valence-electron chi connectivity index (χ4n) is 4.30. The van der Waals surface area contributed by atoms with Crippen molar-refractivity contribution in [1.29, 1.82) is 0 Å². The van der Waals surface area contributed by atoms with Gasteiger partial charge in [0.1, 0.15) is 23.4 Å². The van der Waals surface area contributed by atoms with Gasteiger partial charge in [-0.25, -0.2) is 4.39 Å². The molecule has 6 nitrogen and oxygen atoms in total. The van der Waals surface area contributed by atoms with Crippen molar-refractivity contribution in [3.8, 4) is 11.3 Å². The molecular weight excluding hydrogens is 534 g/mol. The molecule has 1 aliphatic rings. The Morgan fingerprint density at radius 1 is 1.11 bits per heavy atom. The van der Waals surface area contributed by atoms with Crippen LogP contribution in [-0.2, 0) is 4.79 Å². The van der Waals surface area contributed by atoms with Gasteiger partial charge in [-0.15, -0.1) is 0 Å². The van der Waals surface area contributed by atoms with Crippen LogP contribution in [0.2, 0.25) is 10.0 Å². The van der Waals surface area contributed by atoms with Crippen LogP contribution in [0.1, 0.15) is 30.0 Å². The molecule has 5 rings (SSSR count). The van der Waals surface area contributed by atoms with Crippen LogP contribution in [0.5, 0.6) is 0 Å². The first-order valence-electron chi connectivity index (χ1n) is 11.5. The molecule has 1 fully saturated rings. The smallest absolute Gasteiger partial charge is 0.226 e. The molecule has 1 amide bonds. The number of aromatic nitrogens is 1. The number of halogens is 3. The average molecular weight is 555 g/mol. The second-order valence-electron chi connectivity index (χ2n) is 8.42. The predicted octanol–water partition coefficient (Wildman–Crippen LogP) is 6.79. The van der Waals surface area contributed by atoms with Crippen LogP contribution >= 0.6 is 35.4 Å². The van der Waals surface area contributed by atoms with Crippen molar-refractivity contribution in [1.82, 2.24) is 15.2 Å². The monoisotopic (exact) mass is 554 g/mol. The minimum Gasteiger partial charge on any atom is -0.459 e. The number of furan rings is 1. The highest BCUT2D eigenvalue weighted by Gasteiger charge is 2.41. The van der Waals surface area contributed by atoms with Crippen molar-refractivity contribution in [2.24, 2.45) is 0 Å². The zero-order valence-corrected chi connectivity index (χ0v) is 21.7.